The number of rotatable bonds is 3. The maximum absolute atomic E-state index is 13.0. The Morgan fingerprint density at radius 2 is 2.12 bits per heavy atom. The van der Waals surface area contributed by atoms with Crippen molar-refractivity contribution in [1.29, 1.82) is 0 Å². The van der Waals surface area contributed by atoms with Crippen LogP contribution in [-0.2, 0) is 0 Å². The summed E-state index contributed by atoms with van der Waals surface area (Å²) >= 11 is 7.56. The van der Waals surface area contributed by atoms with Crippen LogP contribution in [0.3, 0.4) is 0 Å². The van der Waals surface area contributed by atoms with E-state index in [1.807, 2.05) is 36.1 Å². The van der Waals surface area contributed by atoms with Gasteiger partial charge in [-0.05, 0) is 25.5 Å². The zero-order valence-corrected chi connectivity index (χ0v) is 16.4. The van der Waals surface area contributed by atoms with Gasteiger partial charge in [0.15, 0.2) is 0 Å². The van der Waals surface area contributed by atoms with Crippen LogP contribution in [0.4, 0.5) is 0 Å². The molecule has 2 saturated heterocycles. The van der Waals surface area contributed by atoms with Crippen molar-refractivity contribution < 1.29 is 4.79 Å². The first-order chi connectivity index (χ1) is 12.6. The number of carbonyl (C=O) groups excluding carboxylic acids is 1. The molecule has 1 unspecified atom stereocenters. The maximum atomic E-state index is 13.0. The monoisotopic (exact) mass is 390 g/mol. The predicted octanol–water partition coefficient (Wildman–Crippen LogP) is 2.89. The van der Waals surface area contributed by atoms with Gasteiger partial charge in [0.2, 0.25) is 0 Å². The molecule has 3 heterocycles. The first-order valence-electron chi connectivity index (χ1n) is 9.09. The van der Waals surface area contributed by atoms with E-state index in [2.05, 4.69) is 15.2 Å². The van der Waals surface area contributed by atoms with Crippen molar-refractivity contribution in [2.45, 2.75) is 19.4 Å². The molecule has 2 aliphatic rings. The lowest BCUT2D eigenvalue weighted by atomic mass is 10.2. The van der Waals surface area contributed by atoms with Crippen molar-refractivity contribution in [3.05, 3.63) is 39.9 Å². The summed E-state index contributed by atoms with van der Waals surface area (Å²) in [6.07, 6.45) is 1.06. The second-order valence-corrected chi connectivity index (χ2v) is 8.36. The molecule has 2 aromatic rings. The molecule has 0 radical (unpaired) electrons. The van der Waals surface area contributed by atoms with Crippen LogP contribution in [-0.4, -0.2) is 66.0 Å². The number of nitrogens with one attached hydrogen (secondary N) is 1. The first kappa shape index (κ1) is 17.9. The van der Waals surface area contributed by atoms with Crippen LogP contribution >= 0.6 is 22.9 Å². The van der Waals surface area contributed by atoms with E-state index >= 15 is 0 Å². The average Bonchev–Trinajstić information content (AvgIpc) is 3.29. The topological polar surface area (TPSA) is 48.5 Å². The Morgan fingerprint density at radius 3 is 2.88 bits per heavy atom. The molecule has 4 rings (SSSR count). The minimum atomic E-state index is 0.117. The molecule has 1 amide bonds. The van der Waals surface area contributed by atoms with E-state index in [1.54, 1.807) is 0 Å². The fourth-order valence-electron chi connectivity index (χ4n) is 3.76. The van der Waals surface area contributed by atoms with E-state index in [1.165, 1.54) is 11.3 Å². The van der Waals surface area contributed by atoms with Crippen LogP contribution < -0.4 is 5.32 Å². The van der Waals surface area contributed by atoms with Crippen molar-refractivity contribution in [2.24, 2.45) is 0 Å². The molecule has 26 heavy (non-hydrogen) atoms. The highest BCUT2D eigenvalue weighted by atomic mass is 35.5. The van der Waals surface area contributed by atoms with E-state index in [4.69, 9.17) is 11.6 Å². The van der Waals surface area contributed by atoms with Gasteiger partial charge in [0.1, 0.15) is 9.88 Å². The summed E-state index contributed by atoms with van der Waals surface area (Å²) in [6.45, 7) is 7.81. The molecule has 0 bridgehead atoms. The van der Waals surface area contributed by atoms with Gasteiger partial charge in [-0.2, -0.15) is 0 Å². The van der Waals surface area contributed by atoms with Gasteiger partial charge < -0.3 is 10.2 Å². The fourth-order valence-corrected chi connectivity index (χ4v) is 4.98. The average molecular weight is 391 g/mol. The van der Waals surface area contributed by atoms with Crippen LogP contribution in [0.2, 0.25) is 5.02 Å². The fraction of sp³-hybridized carbons (Fsp3) is 0.474. The lowest BCUT2D eigenvalue weighted by molar-refractivity contribution is 0.0777. The molecule has 1 aromatic carbocycles. The number of benzene rings is 1. The number of hydrogen-bond donors (Lipinski definition) is 1. The molecule has 138 valence electrons. The van der Waals surface area contributed by atoms with Gasteiger partial charge in [-0.1, -0.05) is 23.7 Å². The van der Waals surface area contributed by atoms with Gasteiger partial charge in [0, 0.05) is 55.9 Å². The summed E-state index contributed by atoms with van der Waals surface area (Å²) in [4.78, 5) is 22.9. The van der Waals surface area contributed by atoms with Gasteiger partial charge in [-0.25, -0.2) is 4.98 Å². The Labute approximate surface area is 163 Å². The highest BCUT2D eigenvalue weighted by Crippen LogP contribution is 2.31. The number of carbonyl (C=O) groups is 1. The minimum Gasteiger partial charge on any atom is -0.336 e. The Balaban J connectivity index is 1.48. The summed E-state index contributed by atoms with van der Waals surface area (Å²) in [6, 6.07) is 8.12. The molecule has 0 saturated carbocycles. The normalized spacial score (nSPS) is 21.3. The largest absolute Gasteiger partial charge is 0.336 e. The number of likely N-dealkylation sites (tertiary alicyclic amines) is 1. The molecular formula is C19H23ClN4OS. The predicted molar refractivity (Wildman–Crippen MR) is 106 cm³/mol. The van der Waals surface area contributed by atoms with E-state index in [-0.39, 0.29) is 5.91 Å². The summed E-state index contributed by atoms with van der Waals surface area (Å²) in [5, 5.41) is 4.92. The summed E-state index contributed by atoms with van der Waals surface area (Å²) in [5.41, 5.74) is 1.77. The van der Waals surface area contributed by atoms with Gasteiger partial charge >= 0.3 is 0 Å². The standard InChI is InChI=1S/C19H23ClN4OS/c1-13-17(26-18(22-13)14-3-2-4-15(20)11-14)19(25)24-8-5-16(12-24)23-9-6-21-7-10-23/h2-4,11,16,21H,5-10,12H2,1H3. The third-order valence-electron chi connectivity index (χ3n) is 5.18. The Kier molecular flexibility index (Phi) is 5.27. The SMILES string of the molecule is Cc1nc(-c2cccc(Cl)c2)sc1C(=O)N1CCC(N2CCNCC2)C1. The maximum Gasteiger partial charge on any atom is 0.265 e. The quantitative estimate of drug-likeness (QED) is 0.875. The number of halogens is 1. The zero-order valence-electron chi connectivity index (χ0n) is 14.9. The summed E-state index contributed by atoms with van der Waals surface area (Å²) in [5.74, 6) is 0.117. The van der Waals surface area contributed by atoms with Gasteiger partial charge in [-0.15, -0.1) is 11.3 Å². The Hall–Kier alpha value is -1.47. The number of amides is 1. The molecule has 0 aliphatic carbocycles. The van der Waals surface area contributed by atoms with Crippen molar-refractivity contribution in [3.63, 3.8) is 0 Å². The molecule has 1 atom stereocenters. The van der Waals surface area contributed by atoms with Crippen molar-refractivity contribution in [2.75, 3.05) is 39.3 Å². The number of nitrogens with zero attached hydrogens (tertiary/aromatic N) is 3. The molecule has 0 spiro atoms. The second kappa shape index (κ2) is 7.64. The van der Waals surface area contributed by atoms with Gasteiger partial charge in [0.05, 0.1) is 5.69 Å². The van der Waals surface area contributed by atoms with Gasteiger partial charge in [0.25, 0.3) is 5.91 Å². The third kappa shape index (κ3) is 3.64. The number of aromatic nitrogens is 1. The van der Waals surface area contributed by atoms with E-state index < -0.39 is 0 Å². The van der Waals surface area contributed by atoms with Crippen molar-refractivity contribution in [3.8, 4) is 10.6 Å². The number of piperazine rings is 1. The molecule has 2 fully saturated rings. The van der Waals surface area contributed by atoms with Crippen molar-refractivity contribution >= 4 is 28.8 Å². The number of thiazole rings is 1. The smallest absolute Gasteiger partial charge is 0.265 e. The lowest BCUT2D eigenvalue weighted by Crippen LogP contribution is -2.49. The van der Waals surface area contributed by atoms with E-state index in [0.717, 1.165) is 66.8 Å². The zero-order chi connectivity index (χ0) is 18.1. The first-order valence-corrected chi connectivity index (χ1v) is 10.3. The minimum absolute atomic E-state index is 0.117. The molecule has 5 nitrogen and oxygen atoms in total. The van der Waals surface area contributed by atoms with Gasteiger partial charge in [-0.3, -0.25) is 9.69 Å². The highest BCUT2D eigenvalue weighted by molar-refractivity contribution is 7.17. The van der Waals surface area contributed by atoms with Crippen molar-refractivity contribution in [1.82, 2.24) is 20.1 Å². The van der Waals surface area contributed by atoms with Crippen LogP contribution in [0.15, 0.2) is 24.3 Å². The van der Waals surface area contributed by atoms with Crippen LogP contribution in [0.1, 0.15) is 21.8 Å². The summed E-state index contributed by atoms with van der Waals surface area (Å²) < 4.78 is 0. The lowest BCUT2D eigenvalue weighted by Gasteiger charge is -2.32. The summed E-state index contributed by atoms with van der Waals surface area (Å²) in [7, 11) is 0. The van der Waals surface area contributed by atoms with Crippen LogP contribution in [0.25, 0.3) is 10.6 Å². The molecule has 1 N–H and O–H groups in total. The van der Waals surface area contributed by atoms with Crippen LogP contribution in [0.5, 0.6) is 0 Å². The molecule has 2 aliphatic heterocycles. The molecule has 1 aromatic heterocycles. The highest BCUT2D eigenvalue weighted by Gasteiger charge is 2.32. The van der Waals surface area contributed by atoms with Crippen LogP contribution in [0, 0.1) is 6.92 Å². The van der Waals surface area contributed by atoms with E-state index in [9.17, 15) is 4.79 Å². The second-order valence-electron chi connectivity index (χ2n) is 6.92. The number of aryl methyl sites for hydroxylation is 1. The number of hydrogen-bond acceptors (Lipinski definition) is 5. The molecular weight excluding hydrogens is 368 g/mol. The third-order valence-corrected chi connectivity index (χ3v) is 6.61. The Bertz CT molecular complexity index is 803. The molecule has 7 heteroatoms. The van der Waals surface area contributed by atoms with E-state index in [0.29, 0.717) is 11.1 Å². The Morgan fingerprint density at radius 1 is 1.31 bits per heavy atom.